The topological polar surface area (TPSA) is 125 Å². The molecule has 0 aromatic heterocycles. The van der Waals surface area contributed by atoms with Crippen molar-refractivity contribution in [2.24, 2.45) is 11.3 Å². The van der Waals surface area contributed by atoms with E-state index in [-0.39, 0.29) is 30.3 Å². The first-order valence-corrected chi connectivity index (χ1v) is 14.0. The van der Waals surface area contributed by atoms with Crippen LogP contribution in [0.2, 0.25) is 10.0 Å². The normalized spacial score (nSPS) is 17.7. The largest absolute Gasteiger partial charge is 0.481 e. The van der Waals surface area contributed by atoms with Crippen molar-refractivity contribution in [2.75, 3.05) is 11.9 Å². The zero-order valence-corrected chi connectivity index (χ0v) is 24.5. The van der Waals surface area contributed by atoms with E-state index in [0.29, 0.717) is 39.6 Å². The number of halogens is 2. The predicted molar refractivity (Wildman–Crippen MR) is 157 cm³/mol. The highest BCUT2D eigenvalue weighted by Gasteiger charge is 2.33. The molecule has 0 saturated heterocycles. The lowest BCUT2D eigenvalue weighted by Gasteiger charge is -2.42. The molecule has 3 N–H and O–H groups in total. The molecule has 40 heavy (non-hydrogen) atoms. The highest BCUT2D eigenvalue weighted by Crippen LogP contribution is 2.40. The van der Waals surface area contributed by atoms with E-state index < -0.39 is 10.9 Å². The first-order chi connectivity index (χ1) is 18.8. The molecule has 1 saturated carbocycles. The first kappa shape index (κ1) is 31.2. The van der Waals surface area contributed by atoms with Gasteiger partial charge in [0.2, 0.25) is 0 Å². The maximum Gasteiger partial charge on any atom is 0.305 e. The Bertz CT molecular complexity index is 1220. The lowest BCUT2D eigenvalue weighted by Crippen LogP contribution is -2.41. The number of carbonyl (C=O) groups excluding carboxylic acids is 1. The van der Waals surface area contributed by atoms with Gasteiger partial charge in [-0.1, -0.05) is 56.1 Å². The van der Waals surface area contributed by atoms with Crippen molar-refractivity contribution in [1.29, 1.82) is 0 Å². The van der Waals surface area contributed by atoms with Crippen LogP contribution in [-0.4, -0.2) is 39.4 Å². The van der Waals surface area contributed by atoms with E-state index in [1.54, 1.807) is 42.5 Å². The molecular weight excluding hydrogens is 555 g/mol. The number of aliphatic carboxylic acids is 1. The Balaban J connectivity index is 1.87. The zero-order valence-electron chi connectivity index (χ0n) is 23.0. The summed E-state index contributed by atoms with van der Waals surface area (Å²) in [4.78, 5) is 36.4. The van der Waals surface area contributed by atoms with Crippen LogP contribution in [-0.2, 0) is 11.3 Å². The fourth-order valence-corrected chi connectivity index (χ4v) is 5.59. The van der Waals surface area contributed by atoms with E-state index in [2.05, 4.69) is 31.4 Å². The molecule has 0 atom stereocenters. The predicted octanol–water partition coefficient (Wildman–Crippen LogP) is 6.79. The van der Waals surface area contributed by atoms with Crippen molar-refractivity contribution in [1.82, 2.24) is 10.2 Å². The van der Waals surface area contributed by atoms with Crippen LogP contribution in [0.1, 0.15) is 68.8 Å². The molecule has 0 spiro atoms. The molecule has 0 aliphatic heterocycles. The van der Waals surface area contributed by atoms with E-state index in [4.69, 9.17) is 28.3 Å². The molecule has 0 heterocycles. The fourth-order valence-electron chi connectivity index (χ4n) is 5.06. The number of nitrogens with zero attached hydrogens (tertiary/aromatic N) is 2. The number of anilines is 1. The first-order valence-electron chi connectivity index (χ1n) is 13.3. The molecule has 1 amide bonds. The summed E-state index contributed by atoms with van der Waals surface area (Å²) in [5.41, 5.74) is 1.98. The van der Waals surface area contributed by atoms with Crippen LogP contribution in [0.5, 0.6) is 0 Å². The number of hydrogen-bond acceptors (Lipinski definition) is 6. The van der Waals surface area contributed by atoms with Gasteiger partial charge in [-0.25, -0.2) is 0 Å². The highest BCUT2D eigenvalue weighted by atomic mass is 35.5. The van der Waals surface area contributed by atoms with Gasteiger partial charge >= 0.3 is 5.97 Å². The van der Waals surface area contributed by atoms with Crippen molar-refractivity contribution < 1.29 is 19.6 Å². The van der Waals surface area contributed by atoms with E-state index in [1.807, 2.05) is 4.90 Å². The SMILES string of the molecule is CC(C)(C)C1CCC(N(Cc2ccc(C(=O)NCCC(=O)O)cc2)/C(=C\[N+](=O)[O-])Nc2cc(Cl)cc(Cl)c2)CC1. The van der Waals surface area contributed by atoms with Crippen LogP contribution in [0.15, 0.2) is 54.5 Å². The monoisotopic (exact) mass is 590 g/mol. The van der Waals surface area contributed by atoms with Crippen molar-refractivity contribution in [2.45, 2.75) is 65.5 Å². The molecule has 1 aliphatic carbocycles. The van der Waals surface area contributed by atoms with Crippen molar-refractivity contribution in [3.05, 3.63) is 85.8 Å². The van der Waals surface area contributed by atoms with Crippen LogP contribution >= 0.6 is 23.2 Å². The Morgan fingerprint density at radius 2 is 1.68 bits per heavy atom. The van der Waals surface area contributed by atoms with Gasteiger partial charge in [0.1, 0.15) is 0 Å². The average Bonchev–Trinajstić information content (AvgIpc) is 2.85. The van der Waals surface area contributed by atoms with Gasteiger partial charge in [0.25, 0.3) is 12.1 Å². The van der Waals surface area contributed by atoms with Crippen LogP contribution < -0.4 is 10.6 Å². The number of carboxylic acids is 1. The van der Waals surface area contributed by atoms with Crippen LogP contribution in [0, 0.1) is 21.4 Å². The van der Waals surface area contributed by atoms with Gasteiger partial charge in [-0.15, -0.1) is 0 Å². The number of carboxylic acid groups (broad SMARTS) is 1. The van der Waals surface area contributed by atoms with E-state index in [1.165, 1.54) is 0 Å². The lowest BCUT2D eigenvalue weighted by molar-refractivity contribution is -0.404. The molecular formula is C29H36Cl2N4O5. The number of hydrogen-bond donors (Lipinski definition) is 3. The van der Waals surface area contributed by atoms with Gasteiger partial charge in [-0.3, -0.25) is 19.7 Å². The van der Waals surface area contributed by atoms with Gasteiger partial charge in [-0.05, 0) is 72.9 Å². The molecule has 0 unspecified atom stereocenters. The van der Waals surface area contributed by atoms with Crippen LogP contribution in [0.25, 0.3) is 0 Å². The summed E-state index contributed by atoms with van der Waals surface area (Å²) in [7, 11) is 0. The minimum atomic E-state index is -0.987. The number of amides is 1. The van der Waals surface area contributed by atoms with E-state index in [0.717, 1.165) is 37.4 Å². The van der Waals surface area contributed by atoms with Gasteiger partial charge < -0.3 is 20.6 Å². The Labute approximate surface area is 244 Å². The molecule has 1 fully saturated rings. The summed E-state index contributed by atoms with van der Waals surface area (Å²) in [6.45, 7) is 7.15. The molecule has 2 aromatic carbocycles. The summed E-state index contributed by atoms with van der Waals surface area (Å²) < 4.78 is 0. The second-order valence-corrected chi connectivity index (χ2v) is 12.1. The number of benzene rings is 2. The smallest absolute Gasteiger partial charge is 0.305 e. The number of rotatable bonds is 11. The Kier molecular flexibility index (Phi) is 10.8. The van der Waals surface area contributed by atoms with Crippen molar-refractivity contribution in [3.8, 4) is 0 Å². The summed E-state index contributed by atoms with van der Waals surface area (Å²) in [6.07, 6.45) is 4.57. The number of nitrogens with one attached hydrogen (secondary N) is 2. The van der Waals surface area contributed by atoms with Gasteiger partial charge in [-0.2, -0.15) is 0 Å². The second kappa shape index (κ2) is 13.9. The van der Waals surface area contributed by atoms with Gasteiger partial charge in [0, 0.05) is 40.4 Å². The molecule has 1 aliphatic rings. The fraction of sp³-hybridized carbons (Fsp3) is 0.448. The minimum absolute atomic E-state index is 0.0369. The Morgan fingerprint density at radius 1 is 1.07 bits per heavy atom. The summed E-state index contributed by atoms with van der Waals surface area (Å²) in [6, 6.07) is 11.9. The summed E-state index contributed by atoms with van der Waals surface area (Å²) in [5.74, 6) is -0.469. The van der Waals surface area contributed by atoms with E-state index >= 15 is 0 Å². The van der Waals surface area contributed by atoms with E-state index in [9.17, 15) is 19.7 Å². The lowest BCUT2D eigenvalue weighted by atomic mass is 9.71. The van der Waals surface area contributed by atoms with Crippen molar-refractivity contribution >= 4 is 40.8 Å². The highest BCUT2D eigenvalue weighted by molar-refractivity contribution is 6.35. The third-order valence-electron chi connectivity index (χ3n) is 7.23. The molecule has 2 aromatic rings. The Hall–Kier alpha value is -3.30. The standard InChI is InChI=1S/C29H36Cl2N4O5/c1-29(2,3)21-8-10-25(11-9-21)34(26(18-35(39)40)33-24-15-22(30)14-23(31)16-24)17-19-4-6-20(7-5-19)28(38)32-13-12-27(36)37/h4-7,14-16,18,21,25,33H,8-13,17H2,1-3H3,(H,32,38)(H,36,37)/b26-18-. The quantitative estimate of drug-likeness (QED) is 0.194. The van der Waals surface area contributed by atoms with Gasteiger partial charge in [0.15, 0.2) is 5.82 Å². The Morgan fingerprint density at radius 3 is 2.20 bits per heavy atom. The maximum absolute atomic E-state index is 12.4. The molecule has 0 radical (unpaired) electrons. The average molecular weight is 592 g/mol. The van der Waals surface area contributed by atoms with Crippen molar-refractivity contribution in [3.63, 3.8) is 0 Å². The number of carbonyl (C=O) groups is 2. The maximum atomic E-state index is 12.4. The third kappa shape index (κ3) is 9.41. The molecule has 0 bridgehead atoms. The zero-order chi connectivity index (χ0) is 29.4. The summed E-state index contributed by atoms with van der Waals surface area (Å²) in [5, 5.41) is 27.1. The third-order valence-corrected chi connectivity index (χ3v) is 7.66. The summed E-state index contributed by atoms with van der Waals surface area (Å²) >= 11 is 12.4. The minimum Gasteiger partial charge on any atom is -0.481 e. The molecule has 9 nitrogen and oxygen atoms in total. The second-order valence-electron chi connectivity index (χ2n) is 11.2. The molecule has 11 heteroatoms. The van der Waals surface area contributed by atoms with Gasteiger partial charge in [0.05, 0.1) is 11.3 Å². The van der Waals surface area contributed by atoms with Crippen LogP contribution in [0.4, 0.5) is 5.69 Å². The molecule has 3 rings (SSSR count). The molecule has 216 valence electrons. The van der Waals surface area contributed by atoms with Crippen LogP contribution in [0.3, 0.4) is 0 Å². The number of nitro groups is 1.